The summed E-state index contributed by atoms with van der Waals surface area (Å²) in [6, 6.07) is 18.2. The Morgan fingerprint density at radius 2 is 1.70 bits per heavy atom. The van der Waals surface area contributed by atoms with Crippen molar-refractivity contribution in [3.05, 3.63) is 70.8 Å². The molecule has 23 heavy (non-hydrogen) atoms. The average molecular weight is 306 g/mol. The summed E-state index contributed by atoms with van der Waals surface area (Å²) in [4.78, 5) is 6.42. The fourth-order valence-corrected chi connectivity index (χ4v) is 2.31. The Morgan fingerprint density at radius 3 is 2.26 bits per heavy atom. The maximum Gasteiger partial charge on any atom is 0.193 e. The van der Waals surface area contributed by atoms with Gasteiger partial charge in [0.25, 0.3) is 0 Å². The smallest absolute Gasteiger partial charge is 0.193 e. The highest BCUT2D eigenvalue weighted by Gasteiger charge is 2.06. The summed E-state index contributed by atoms with van der Waals surface area (Å²) in [5, 5.41) is 12.2. The van der Waals surface area contributed by atoms with E-state index in [1.165, 1.54) is 11.1 Å². The van der Waals surface area contributed by atoms with Gasteiger partial charge in [0.15, 0.2) is 5.96 Å². The van der Waals surface area contributed by atoms with Gasteiger partial charge in [0.1, 0.15) is 0 Å². The number of nitrogens with one attached hydrogen (secondary N) is 1. The van der Waals surface area contributed by atoms with Gasteiger partial charge in [-0.3, -0.25) is 4.99 Å². The number of benzene rings is 2. The van der Waals surface area contributed by atoms with Gasteiger partial charge in [-0.15, -0.1) is 0 Å². The van der Waals surface area contributed by atoms with Crippen LogP contribution < -0.4 is 5.32 Å². The van der Waals surface area contributed by atoms with E-state index in [0.29, 0.717) is 12.1 Å². The maximum atomic E-state index is 8.82. The highest BCUT2D eigenvalue weighted by atomic mass is 15.3. The standard InChI is InChI=1S/C19H22N4/c1-15-4-6-18(7-5-15)14-23(3)19(21-2)22-13-17-10-8-16(12-20)9-11-17/h4-11H,13-14H2,1-3H3,(H,21,22). The lowest BCUT2D eigenvalue weighted by Crippen LogP contribution is -2.38. The average Bonchev–Trinajstić information content (AvgIpc) is 2.58. The zero-order valence-electron chi connectivity index (χ0n) is 13.9. The van der Waals surface area contributed by atoms with E-state index in [4.69, 9.17) is 5.26 Å². The molecule has 0 heterocycles. The maximum absolute atomic E-state index is 8.82. The van der Waals surface area contributed by atoms with Gasteiger partial charge in [-0.05, 0) is 30.2 Å². The molecule has 0 radical (unpaired) electrons. The SMILES string of the molecule is CN=C(NCc1ccc(C#N)cc1)N(C)Cc1ccc(C)cc1. The minimum Gasteiger partial charge on any atom is -0.352 e. The molecule has 0 atom stereocenters. The predicted molar refractivity (Wildman–Crippen MR) is 94.0 cm³/mol. The molecule has 0 aliphatic rings. The molecule has 2 aromatic carbocycles. The number of aryl methyl sites for hydroxylation is 1. The molecule has 0 amide bonds. The van der Waals surface area contributed by atoms with Gasteiger partial charge in [0.2, 0.25) is 0 Å². The molecule has 2 rings (SSSR count). The van der Waals surface area contributed by atoms with Crippen LogP contribution in [0.15, 0.2) is 53.5 Å². The first-order valence-electron chi connectivity index (χ1n) is 7.58. The first kappa shape index (κ1) is 16.6. The van der Waals surface area contributed by atoms with Crippen LogP contribution in [-0.4, -0.2) is 25.0 Å². The van der Waals surface area contributed by atoms with Gasteiger partial charge in [0, 0.05) is 27.2 Å². The summed E-state index contributed by atoms with van der Waals surface area (Å²) in [5.41, 5.74) is 4.31. The Morgan fingerprint density at radius 1 is 1.09 bits per heavy atom. The minimum absolute atomic E-state index is 0.676. The number of nitriles is 1. The van der Waals surface area contributed by atoms with Crippen LogP contribution in [0.4, 0.5) is 0 Å². The van der Waals surface area contributed by atoms with E-state index in [9.17, 15) is 0 Å². The van der Waals surface area contributed by atoms with E-state index in [0.717, 1.165) is 18.1 Å². The van der Waals surface area contributed by atoms with Gasteiger partial charge in [-0.2, -0.15) is 5.26 Å². The molecule has 0 fully saturated rings. The van der Waals surface area contributed by atoms with Gasteiger partial charge in [-0.25, -0.2) is 0 Å². The van der Waals surface area contributed by atoms with E-state index in [1.54, 1.807) is 7.05 Å². The highest BCUT2D eigenvalue weighted by Crippen LogP contribution is 2.07. The fraction of sp³-hybridized carbons (Fsp3) is 0.263. The quantitative estimate of drug-likeness (QED) is 0.697. The third-order valence-electron chi connectivity index (χ3n) is 3.65. The number of aliphatic imine (C=N–C) groups is 1. The number of hydrogen-bond acceptors (Lipinski definition) is 2. The van der Waals surface area contributed by atoms with E-state index >= 15 is 0 Å². The second-order valence-corrected chi connectivity index (χ2v) is 5.55. The van der Waals surface area contributed by atoms with E-state index in [2.05, 4.69) is 52.5 Å². The van der Waals surface area contributed by atoms with Gasteiger partial charge in [0.05, 0.1) is 11.6 Å². The van der Waals surface area contributed by atoms with Gasteiger partial charge < -0.3 is 10.2 Å². The van der Waals surface area contributed by atoms with Crippen molar-refractivity contribution in [2.45, 2.75) is 20.0 Å². The molecule has 4 heteroatoms. The Balaban J connectivity index is 1.93. The third kappa shape index (κ3) is 4.86. The minimum atomic E-state index is 0.676. The van der Waals surface area contributed by atoms with Crippen LogP contribution in [0.1, 0.15) is 22.3 Å². The highest BCUT2D eigenvalue weighted by molar-refractivity contribution is 5.79. The molecular formula is C19H22N4. The Labute approximate surface area is 138 Å². The Bertz CT molecular complexity index is 694. The monoisotopic (exact) mass is 306 g/mol. The van der Waals surface area contributed by atoms with Gasteiger partial charge in [-0.1, -0.05) is 42.0 Å². The first-order chi connectivity index (χ1) is 11.1. The lowest BCUT2D eigenvalue weighted by atomic mass is 10.1. The van der Waals surface area contributed by atoms with Crippen LogP contribution in [0, 0.1) is 18.3 Å². The van der Waals surface area contributed by atoms with E-state index < -0.39 is 0 Å². The summed E-state index contributed by atoms with van der Waals surface area (Å²) >= 11 is 0. The van der Waals surface area contributed by atoms with Crippen molar-refractivity contribution in [1.82, 2.24) is 10.2 Å². The summed E-state index contributed by atoms with van der Waals surface area (Å²) < 4.78 is 0. The van der Waals surface area contributed by atoms with Crippen molar-refractivity contribution in [3.63, 3.8) is 0 Å². The molecule has 2 aromatic rings. The number of rotatable bonds is 4. The lowest BCUT2D eigenvalue weighted by Gasteiger charge is -2.22. The van der Waals surface area contributed by atoms with Crippen LogP contribution in [-0.2, 0) is 13.1 Å². The molecule has 0 aliphatic carbocycles. The topological polar surface area (TPSA) is 51.4 Å². The van der Waals surface area contributed by atoms with Crippen molar-refractivity contribution < 1.29 is 0 Å². The molecule has 118 valence electrons. The van der Waals surface area contributed by atoms with Crippen molar-refractivity contribution >= 4 is 5.96 Å². The molecule has 0 bridgehead atoms. The van der Waals surface area contributed by atoms with Crippen molar-refractivity contribution in [1.29, 1.82) is 5.26 Å². The predicted octanol–water partition coefficient (Wildman–Crippen LogP) is 3.07. The number of guanidine groups is 1. The van der Waals surface area contributed by atoms with Crippen molar-refractivity contribution in [2.75, 3.05) is 14.1 Å². The van der Waals surface area contributed by atoms with Crippen LogP contribution in [0.3, 0.4) is 0 Å². The summed E-state index contributed by atoms with van der Waals surface area (Å²) in [6.45, 7) is 3.56. The van der Waals surface area contributed by atoms with Crippen LogP contribution >= 0.6 is 0 Å². The third-order valence-corrected chi connectivity index (χ3v) is 3.65. The van der Waals surface area contributed by atoms with Crippen LogP contribution in [0.25, 0.3) is 0 Å². The fourth-order valence-electron chi connectivity index (χ4n) is 2.31. The summed E-state index contributed by atoms with van der Waals surface area (Å²) in [6.07, 6.45) is 0. The van der Waals surface area contributed by atoms with E-state index in [-0.39, 0.29) is 0 Å². The van der Waals surface area contributed by atoms with Gasteiger partial charge >= 0.3 is 0 Å². The zero-order chi connectivity index (χ0) is 16.7. The molecular weight excluding hydrogens is 284 g/mol. The normalized spacial score (nSPS) is 11.0. The molecule has 0 saturated carbocycles. The molecule has 0 saturated heterocycles. The first-order valence-corrected chi connectivity index (χ1v) is 7.58. The van der Waals surface area contributed by atoms with Crippen molar-refractivity contribution in [3.8, 4) is 6.07 Å². The van der Waals surface area contributed by atoms with Crippen LogP contribution in [0.2, 0.25) is 0 Å². The van der Waals surface area contributed by atoms with E-state index in [1.807, 2.05) is 31.3 Å². The molecule has 0 spiro atoms. The summed E-state index contributed by atoms with van der Waals surface area (Å²) in [5.74, 6) is 0.843. The summed E-state index contributed by atoms with van der Waals surface area (Å²) in [7, 11) is 3.81. The van der Waals surface area contributed by atoms with Crippen LogP contribution in [0.5, 0.6) is 0 Å². The number of hydrogen-bond donors (Lipinski definition) is 1. The zero-order valence-corrected chi connectivity index (χ0v) is 13.9. The Hall–Kier alpha value is -2.80. The molecule has 4 nitrogen and oxygen atoms in total. The molecule has 0 aromatic heterocycles. The Kier molecular flexibility index (Phi) is 5.76. The molecule has 0 unspecified atom stereocenters. The van der Waals surface area contributed by atoms with Crippen molar-refractivity contribution in [2.24, 2.45) is 4.99 Å². The number of nitrogens with zero attached hydrogens (tertiary/aromatic N) is 3. The second kappa shape index (κ2) is 8.00. The molecule has 0 aliphatic heterocycles. The molecule has 1 N–H and O–H groups in total. The second-order valence-electron chi connectivity index (χ2n) is 5.55. The lowest BCUT2D eigenvalue weighted by molar-refractivity contribution is 0.476. The largest absolute Gasteiger partial charge is 0.352 e.